The van der Waals surface area contributed by atoms with E-state index >= 15 is 0 Å². The molecule has 0 aliphatic carbocycles. The second kappa shape index (κ2) is 12.3. The predicted octanol–water partition coefficient (Wildman–Crippen LogP) is 3.35. The number of methoxy groups -OCH3 is 3. The Morgan fingerprint density at radius 3 is 2.54 bits per heavy atom. The van der Waals surface area contributed by atoms with Gasteiger partial charge in [-0.2, -0.15) is 0 Å². The van der Waals surface area contributed by atoms with Crippen LogP contribution in [0, 0.1) is 0 Å². The van der Waals surface area contributed by atoms with E-state index in [0.717, 1.165) is 5.56 Å². The maximum atomic E-state index is 12.3. The van der Waals surface area contributed by atoms with Crippen molar-refractivity contribution in [1.29, 1.82) is 0 Å². The van der Waals surface area contributed by atoms with Crippen molar-refractivity contribution in [3.05, 3.63) is 47.5 Å². The Hall–Kier alpha value is -3.97. The quantitative estimate of drug-likeness (QED) is 0.211. The summed E-state index contributed by atoms with van der Waals surface area (Å²) in [5.74, 6) is 2.41. The first-order valence-corrected chi connectivity index (χ1v) is 12.7. The molecule has 1 aliphatic heterocycles. The van der Waals surface area contributed by atoms with Gasteiger partial charge in [0, 0.05) is 12.6 Å². The van der Waals surface area contributed by atoms with Gasteiger partial charge in [0.15, 0.2) is 27.3 Å². The number of carbonyl (C=O) groups is 2. The molecule has 0 spiro atoms. The molecule has 1 aromatic heterocycles. The van der Waals surface area contributed by atoms with Crippen LogP contribution >= 0.6 is 23.1 Å². The lowest BCUT2D eigenvalue weighted by molar-refractivity contribution is -0.118. The van der Waals surface area contributed by atoms with Crippen molar-refractivity contribution in [2.75, 3.05) is 39.2 Å². The molecule has 13 heteroatoms. The Morgan fingerprint density at radius 1 is 1.05 bits per heavy atom. The van der Waals surface area contributed by atoms with E-state index in [0.29, 0.717) is 50.3 Å². The number of hydrogen-bond donors (Lipinski definition) is 2. The molecule has 0 atom stereocenters. The summed E-state index contributed by atoms with van der Waals surface area (Å²) in [6.45, 7) is 0.571. The van der Waals surface area contributed by atoms with E-state index in [-0.39, 0.29) is 24.4 Å². The van der Waals surface area contributed by atoms with Gasteiger partial charge in [0.2, 0.25) is 29.5 Å². The normalized spacial score (nSPS) is 11.9. The summed E-state index contributed by atoms with van der Waals surface area (Å²) in [6.07, 6.45) is 2.97. The minimum atomic E-state index is -0.386. The van der Waals surface area contributed by atoms with Crippen LogP contribution in [0.5, 0.6) is 28.7 Å². The van der Waals surface area contributed by atoms with Gasteiger partial charge in [0.05, 0.1) is 27.1 Å². The van der Waals surface area contributed by atoms with Gasteiger partial charge in [0.1, 0.15) is 0 Å². The van der Waals surface area contributed by atoms with E-state index in [1.807, 2.05) is 18.2 Å². The minimum Gasteiger partial charge on any atom is -0.493 e. The van der Waals surface area contributed by atoms with Gasteiger partial charge in [0.25, 0.3) is 0 Å². The number of carbonyl (C=O) groups excluding carboxylic acids is 2. The van der Waals surface area contributed by atoms with E-state index in [4.69, 9.17) is 23.7 Å². The average Bonchev–Trinajstić information content (AvgIpc) is 3.57. The summed E-state index contributed by atoms with van der Waals surface area (Å²) in [6, 6.07) is 8.97. The van der Waals surface area contributed by atoms with Crippen LogP contribution in [0.15, 0.2) is 40.7 Å². The summed E-state index contributed by atoms with van der Waals surface area (Å²) in [7, 11) is 4.56. The Kier molecular flexibility index (Phi) is 8.69. The Morgan fingerprint density at radius 2 is 1.81 bits per heavy atom. The molecule has 0 bridgehead atoms. The number of anilines is 1. The molecule has 1 aliphatic rings. The summed E-state index contributed by atoms with van der Waals surface area (Å²) >= 11 is 2.41. The van der Waals surface area contributed by atoms with Crippen molar-refractivity contribution in [2.45, 2.75) is 10.9 Å². The average molecular weight is 545 g/mol. The van der Waals surface area contributed by atoms with Crippen molar-refractivity contribution >= 4 is 46.1 Å². The third kappa shape index (κ3) is 6.83. The standard InChI is InChI=1S/C24H24N4O7S2/c1-31-18-8-14(9-19(32-2)22(18)33-3)5-7-20(29)26-23-27-28-24(37-23)36-12-21(30)25-11-15-4-6-16-17(10-15)35-13-34-16/h4-10H,11-13H2,1-3H3,(H,25,30)(H,26,27,29)/b7-5+. The maximum absolute atomic E-state index is 12.3. The molecule has 0 saturated heterocycles. The lowest BCUT2D eigenvalue weighted by Crippen LogP contribution is -2.24. The number of aromatic nitrogens is 2. The van der Waals surface area contributed by atoms with E-state index < -0.39 is 0 Å². The molecule has 2 N–H and O–H groups in total. The van der Waals surface area contributed by atoms with E-state index in [2.05, 4.69) is 20.8 Å². The number of nitrogens with zero attached hydrogens (tertiary/aromatic N) is 2. The maximum Gasteiger partial charge on any atom is 0.250 e. The first-order chi connectivity index (χ1) is 18.0. The lowest BCUT2D eigenvalue weighted by atomic mass is 10.1. The van der Waals surface area contributed by atoms with Crippen molar-refractivity contribution in [1.82, 2.24) is 15.5 Å². The van der Waals surface area contributed by atoms with E-state index in [9.17, 15) is 9.59 Å². The largest absolute Gasteiger partial charge is 0.493 e. The van der Waals surface area contributed by atoms with Crippen LogP contribution in [0.25, 0.3) is 6.08 Å². The third-order valence-electron chi connectivity index (χ3n) is 5.00. The summed E-state index contributed by atoms with van der Waals surface area (Å²) in [4.78, 5) is 24.6. The van der Waals surface area contributed by atoms with E-state index in [1.54, 1.807) is 18.2 Å². The van der Waals surface area contributed by atoms with Gasteiger partial charge in [-0.05, 0) is 41.5 Å². The SMILES string of the molecule is COc1cc(/C=C/C(=O)Nc2nnc(SCC(=O)NCc3ccc4c(c3)OCO4)s2)cc(OC)c1OC. The van der Waals surface area contributed by atoms with Crippen LogP contribution in [-0.4, -0.2) is 55.9 Å². The highest BCUT2D eigenvalue weighted by Crippen LogP contribution is 2.38. The topological polar surface area (TPSA) is 130 Å². The molecule has 0 unspecified atom stereocenters. The van der Waals surface area contributed by atoms with Gasteiger partial charge in [-0.3, -0.25) is 14.9 Å². The monoisotopic (exact) mass is 544 g/mol. The zero-order valence-electron chi connectivity index (χ0n) is 20.2. The number of fused-ring (bicyclic) bond motifs is 1. The molecule has 2 heterocycles. The van der Waals surface area contributed by atoms with Crippen molar-refractivity contribution in [3.63, 3.8) is 0 Å². The predicted molar refractivity (Wildman–Crippen MR) is 139 cm³/mol. The summed E-state index contributed by atoms with van der Waals surface area (Å²) in [5.41, 5.74) is 1.59. The molecular weight excluding hydrogens is 520 g/mol. The van der Waals surface area contributed by atoms with Gasteiger partial charge in [-0.25, -0.2) is 0 Å². The summed E-state index contributed by atoms with van der Waals surface area (Å²) in [5, 5.41) is 13.8. The number of nitrogens with one attached hydrogen (secondary N) is 2. The van der Waals surface area contributed by atoms with Crippen LogP contribution in [-0.2, 0) is 16.1 Å². The minimum absolute atomic E-state index is 0.156. The number of hydrogen-bond acceptors (Lipinski definition) is 11. The summed E-state index contributed by atoms with van der Waals surface area (Å²) < 4.78 is 27.1. The molecule has 37 heavy (non-hydrogen) atoms. The fourth-order valence-electron chi connectivity index (χ4n) is 3.27. The van der Waals surface area contributed by atoms with Crippen LogP contribution in [0.1, 0.15) is 11.1 Å². The van der Waals surface area contributed by atoms with Crippen LogP contribution < -0.4 is 34.3 Å². The van der Waals surface area contributed by atoms with E-state index in [1.165, 1.54) is 50.5 Å². The number of thioether (sulfide) groups is 1. The molecule has 194 valence electrons. The highest BCUT2D eigenvalue weighted by atomic mass is 32.2. The van der Waals surface area contributed by atoms with Crippen LogP contribution in [0.2, 0.25) is 0 Å². The number of amides is 2. The number of ether oxygens (including phenoxy) is 5. The molecule has 0 fully saturated rings. The van der Waals surface area contributed by atoms with Gasteiger partial charge in [-0.15, -0.1) is 10.2 Å². The molecule has 2 amide bonds. The van der Waals surface area contributed by atoms with Gasteiger partial charge < -0.3 is 29.0 Å². The Labute approximate surface area is 221 Å². The smallest absolute Gasteiger partial charge is 0.250 e. The lowest BCUT2D eigenvalue weighted by Gasteiger charge is -2.12. The second-order valence-electron chi connectivity index (χ2n) is 7.41. The van der Waals surface area contributed by atoms with Gasteiger partial charge in [-0.1, -0.05) is 29.2 Å². The fourth-order valence-corrected chi connectivity index (χ4v) is 4.85. The number of benzene rings is 2. The zero-order chi connectivity index (χ0) is 26.2. The number of rotatable bonds is 11. The van der Waals surface area contributed by atoms with Crippen molar-refractivity contribution in [3.8, 4) is 28.7 Å². The third-order valence-corrected chi connectivity index (χ3v) is 6.98. The zero-order valence-corrected chi connectivity index (χ0v) is 21.9. The second-order valence-corrected chi connectivity index (χ2v) is 9.61. The highest BCUT2D eigenvalue weighted by molar-refractivity contribution is 8.01. The first-order valence-electron chi connectivity index (χ1n) is 10.9. The highest BCUT2D eigenvalue weighted by Gasteiger charge is 2.15. The Balaban J connectivity index is 1.25. The first kappa shape index (κ1) is 26.1. The molecule has 0 saturated carbocycles. The van der Waals surface area contributed by atoms with Crippen LogP contribution in [0.4, 0.5) is 5.13 Å². The molecule has 4 rings (SSSR count). The fraction of sp³-hybridized carbons (Fsp3) is 0.250. The van der Waals surface area contributed by atoms with Crippen molar-refractivity contribution < 1.29 is 33.3 Å². The molecule has 3 aromatic rings. The molecule has 0 radical (unpaired) electrons. The molecule has 2 aromatic carbocycles. The molecular formula is C24H24N4O7S2. The Bertz CT molecular complexity index is 1290. The molecule has 11 nitrogen and oxygen atoms in total. The van der Waals surface area contributed by atoms with Crippen LogP contribution in [0.3, 0.4) is 0 Å². The van der Waals surface area contributed by atoms with Gasteiger partial charge >= 0.3 is 0 Å². The van der Waals surface area contributed by atoms with Crippen molar-refractivity contribution in [2.24, 2.45) is 0 Å².